The molecule has 0 fully saturated rings. The standard InChI is InChI=1S/C16H13FN2O3S/c1-8-3-4-12(11(17)5-8)19-15-13(16(20)21)10-6-9(22-2)7-18-14(10)23-15/h3-7,19H,1-2H3,(H,20,21). The van der Waals surface area contributed by atoms with Crippen LogP contribution in [0.3, 0.4) is 0 Å². The minimum Gasteiger partial charge on any atom is -0.495 e. The number of carbonyl (C=O) groups is 1. The van der Waals surface area contributed by atoms with Gasteiger partial charge >= 0.3 is 5.97 Å². The van der Waals surface area contributed by atoms with Gasteiger partial charge in [-0.25, -0.2) is 14.2 Å². The molecule has 5 nitrogen and oxygen atoms in total. The van der Waals surface area contributed by atoms with E-state index in [-0.39, 0.29) is 11.3 Å². The van der Waals surface area contributed by atoms with Gasteiger partial charge < -0.3 is 15.2 Å². The van der Waals surface area contributed by atoms with Crippen LogP contribution in [0.5, 0.6) is 5.75 Å². The van der Waals surface area contributed by atoms with Crippen LogP contribution in [-0.2, 0) is 0 Å². The van der Waals surface area contributed by atoms with E-state index in [0.717, 1.165) is 16.9 Å². The van der Waals surface area contributed by atoms with Crippen molar-refractivity contribution in [3.05, 3.63) is 47.4 Å². The normalized spacial score (nSPS) is 10.7. The Balaban J connectivity index is 2.13. The Morgan fingerprint density at radius 2 is 2.17 bits per heavy atom. The quantitative estimate of drug-likeness (QED) is 0.749. The zero-order valence-electron chi connectivity index (χ0n) is 12.4. The lowest BCUT2D eigenvalue weighted by Gasteiger charge is -2.07. The van der Waals surface area contributed by atoms with Gasteiger partial charge in [-0.2, -0.15) is 0 Å². The molecule has 0 saturated heterocycles. The molecule has 2 aromatic heterocycles. The van der Waals surface area contributed by atoms with Gasteiger partial charge in [-0.05, 0) is 30.7 Å². The number of fused-ring (bicyclic) bond motifs is 1. The first-order valence-corrected chi connectivity index (χ1v) is 7.54. The lowest BCUT2D eigenvalue weighted by Crippen LogP contribution is -2.01. The van der Waals surface area contributed by atoms with Crippen LogP contribution in [0.15, 0.2) is 30.5 Å². The molecule has 3 aromatic rings. The van der Waals surface area contributed by atoms with Crippen molar-refractivity contribution in [2.45, 2.75) is 6.92 Å². The fourth-order valence-electron chi connectivity index (χ4n) is 2.22. The molecule has 0 aliphatic carbocycles. The number of halogens is 1. The van der Waals surface area contributed by atoms with Gasteiger partial charge in [0, 0.05) is 5.39 Å². The summed E-state index contributed by atoms with van der Waals surface area (Å²) in [4.78, 5) is 16.4. The second kappa shape index (κ2) is 5.85. The van der Waals surface area contributed by atoms with E-state index in [4.69, 9.17) is 4.74 Å². The third kappa shape index (κ3) is 2.83. The number of ether oxygens (including phenoxy) is 1. The second-order valence-electron chi connectivity index (χ2n) is 4.95. The number of benzene rings is 1. The van der Waals surface area contributed by atoms with Crippen molar-refractivity contribution in [1.82, 2.24) is 4.98 Å². The molecule has 0 atom stereocenters. The zero-order valence-corrected chi connectivity index (χ0v) is 13.2. The van der Waals surface area contributed by atoms with Crippen molar-refractivity contribution < 1.29 is 19.0 Å². The molecule has 23 heavy (non-hydrogen) atoms. The van der Waals surface area contributed by atoms with Crippen LogP contribution in [0.25, 0.3) is 10.2 Å². The van der Waals surface area contributed by atoms with Crippen LogP contribution < -0.4 is 10.1 Å². The van der Waals surface area contributed by atoms with Crippen LogP contribution in [0, 0.1) is 12.7 Å². The van der Waals surface area contributed by atoms with Crippen molar-refractivity contribution in [3.8, 4) is 5.75 Å². The molecule has 118 valence electrons. The number of hydrogen-bond acceptors (Lipinski definition) is 5. The van der Waals surface area contributed by atoms with Crippen molar-refractivity contribution in [3.63, 3.8) is 0 Å². The lowest BCUT2D eigenvalue weighted by atomic mass is 10.2. The summed E-state index contributed by atoms with van der Waals surface area (Å²) >= 11 is 1.15. The Hall–Kier alpha value is -2.67. The molecule has 0 spiro atoms. The SMILES string of the molecule is COc1cnc2sc(Nc3ccc(C)cc3F)c(C(=O)O)c2c1. The monoisotopic (exact) mass is 332 g/mol. The molecule has 0 aliphatic rings. The minimum atomic E-state index is -1.11. The maximum Gasteiger partial charge on any atom is 0.339 e. The molecule has 0 bridgehead atoms. The molecular formula is C16H13FN2O3S. The Bertz CT molecular complexity index is 908. The summed E-state index contributed by atoms with van der Waals surface area (Å²) in [5, 5.41) is 13.2. The zero-order chi connectivity index (χ0) is 16.6. The Kier molecular flexibility index (Phi) is 3.87. The summed E-state index contributed by atoms with van der Waals surface area (Å²) in [5.74, 6) is -1.09. The topological polar surface area (TPSA) is 71.5 Å². The first-order valence-electron chi connectivity index (χ1n) is 6.72. The van der Waals surface area contributed by atoms with E-state index in [0.29, 0.717) is 21.0 Å². The minimum absolute atomic E-state index is 0.0522. The van der Waals surface area contributed by atoms with Crippen molar-refractivity contribution in [1.29, 1.82) is 0 Å². The molecule has 0 aliphatic heterocycles. The van der Waals surface area contributed by atoms with Crippen LogP contribution in [-0.4, -0.2) is 23.2 Å². The van der Waals surface area contributed by atoms with Gasteiger partial charge in [0.1, 0.15) is 27.0 Å². The average Bonchev–Trinajstić information content (AvgIpc) is 2.87. The van der Waals surface area contributed by atoms with Crippen molar-refractivity contribution in [2.24, 2.45) is 0 Å². The molecular weight excluding hydrogens is 319 g/mol. The number of thiophene rings is 1. The molecule has 0 unspecified atom stereocenters. The first-order chi connectivity index (χ1) is 11.0. The fourth-order valence-corrected chi connectivity index (χ4v) is 3.25. The first kappa shape index (κ1) is 15.2. The van der Waals surface area contributed by atoms with Gasteiger partial charge in [-0.3, -0.25) is 0 Å². The molecule has 2 heterocycles. The summed E-state index contributed by atoms with van der Waals surface area (Å²) in [6.45, 7) is 1.78. The highest BCUT2D eigenvalue weighted by molar-refractivity contribution is 7.23. The molecule has 2 N–H and O–H groups in total. The van der Waals surface area contributed by atoms with Gasteiger partial charge in [0.25, 0.3) is 0 Å². The number of carboxylic acid groups (broad SMARTS) is 1. The molecule has 3 rings (SSSR count). The highest BCUT2D eigenvalue weighted by Gasteiger charge is 2.20. The summed E-state index contributed by atoms with van der Waals surface area (Å²) in [7, 11) is 1.48. The van der Waals surface area contributed by atoms with Gasteiger partial charge in [0.2, 0.25) is 0 Å². The van der Waals surface area contributed by atoms with E-state index < -0.39 is 11.8 Å². The largest absolute Gasteiger partial charge is 0.495 e. The van der Waals surface area contributed by atoms with Crippen LogP contribution in [0.2, 0.25) is 0 Å². The number of hydrogen-bond donors (Lipinski definition) is 2. The smallest absolute Gasteiger partial charge is 0.339 e. The van der Waals surface area contributed by atoms with Gasteiger partial charge in [0.15, 0.2) is 0 Å². The Morgan fingerprint density at radius 1 is 1.39 bits per heavy atom. The third-order valence-electron chi connectivity index (χ3n) is 3.34. The number of nitrogens with zero attached hydrogens (tertiary/aromatic N) is 1. The maximum atomic E-state index is 14.0. The van der Waals surface area contributed by atoms with Gasteiger partial charge in [-0.1, -0.05) is 17.4 Å². The molecule has 0 amide bonds. The van der Waals surface area contributed by atoms with E-state index in [1.807, 2.05) is 0 Å². The number of aryl methyl sites for hydroxylation is 1. The van der Waals surface area contributed by atoms with E-state index in [1.54, 1.807) is 25.1 Å². The van der Waals surface area contributed by atoms with E-state index in [1.165, 1.54) is 19.4 Å². The number of methoxy groups -OCH3 is 1. The Morgan fingerprint density at radius 3 is 2.83 bits per heavy atom. The number of carboxylic acids is 1. The second-order valence-corrected chi connectivity index (χ2v) is 5.95. The Labute approximate surface area is 135 Å². The summed E-state index contributed by atoms with van der Waals surface area (Å²) < 4.78 is 19.1. The number of anilines is 2. The van der Waals surface area contributed by atoms with Crippen molar-refractivity contribution >= 4 is 38.2 Å². The van der Waals surface area contributed by atoms with Crippen LogP contribution >= 0.6 is 11.3 Å². The molecule has 1 aromatic carbocycles. The number of aromatic carboxylic acids is 1. The molecule has 0 saturated carbocycles. The maximum absolute atomic E-state index is 14.0. The van der Waals surface area contributed by atoms with Gasteiger partial charge in [0.05, 0.1) is 19.0 Å². The predicted molar refractivity (Wildman–Crippen MR) is 87.6 cm³/mol. The van der Waals surface area contributed by atoms with E-state index in [2.05, 4.69) is 10.3 Å². The van der Waals surface area contributed by atoms with Gasteiger partial charge in [-0.15, -0.1) is 0 Å². The lowest BCUT2D eigenvalue weighted by molar-refractivity contribution is 0.0700. The van der Waals surface area contributed by atoms with Crippen molar-refractivity contribution in [2.75, 3.05) is 12.4 Å². The molecule has 7 heteroatoms. The fraction of sp³-hybridized carbons (Fsp3) is 0.125. The highest BCUT2D eigenvalue weighted by Crippen LogP contribution is 2.38. The predicted octanol–water partition coefficient (Wildman–Crippen LogP) is 4.19. The summed E-state index contributed by atoms with van der Waals surface area (Å²) in [5.41, 5.74) is 1.06. The van der Waals surface area contributed by atoms with E-state index in [9.17, 15) is 14.3 Å². The average molecular weight is 332 g/mol. The number of aromatic nitrogens is 1. The highest BCUT2D eigenvalue weighted by atomic mass is 32.1. The number of nitrogens with one attached hydrogen (secondary N) is 1. The van der Waals surface area contributed by atoms with Crippen LogP contribution in [0.1, 0.15) is 15.9 Å². The van der Waals surface area contributed by atoms with E-state index >= 15 is 0 Å². The third-order valence-corrected chi connectivity index (χ3v) is 4.37. The van der Waals surface area contributed by atoms with Crippen LogP contribution in [0.4, 0.5) is 15.1 Å². The molecule has 0 radical (unpaired) electrons. The number of pyridine rings is 1. The summed E-state index contributed by atoms with van der Waals surface area (Å²) in [6.07, 6.45) is 1.51. The summed E-state index contributed by atoms with van der Waals surface area (Å²) in [6, 6.07) is 6.32. The number of rotatable bonds is 4.